The van der Waals surface area contributed by atoms with Gasteiger partial charge in [-0.3, -0.25) is 18.5 Å². The highest BCUT2D eigenvalue weighted by Crippen LogP contribution is 2.29. The van der Waals surface area contributed by atoms with Crippen LogP contribution in [0, 0.1) is 0 Å². The van der Waals surface area contributed by atoms with Crippen LogP contribution in [-0.4, -0.2) is 30.9 Å². The first-order valence-electron chi connectivity index (χ1n) is 9.02. The van der Waals surface area contributed by atoms with Gasteiger partial charge in [-0.15, -0.1) is 0 Å². The standard InChI is InChI=1S/C19H22N6O2/c1-5-24-18-20-16-15(25(18)13(3)12(2)21-24)17(26)23(19(27)22(16)4)11-14-9-7-6-8-10-14/h6-10,13H,5,11H2,1-4H3/t13-/m0/s1. The minimum Gasteiger partial charge on any atom is -0.294 e. The Balaban J connectivity index is 2.02. The van der Waals surface area contributed by atoms with Crippen LogP contribution in [-0.2, 0) is 13.6 Å². The van der Waals surface area contributed by atoms with Crippen molar-refractivity contribution in [1.82, 2.24) is 18.7 Å². The van der Waals surface area contributed by atoms with Crippen molar-refractivity contribution >= 4 is 22.8 Å². The molecule has 0 bridgehead atoms. The number of nitrogens with zero attached hydrogens (tertiary/aromatic N) is 6. The molecule has 1 aromatic carbocycles. The number of benzene rings is 1. The molecule has 0 aliphatic carbocycles. The largest absolute Gasteiger partial charge is 0.332 e. The van der Waals surface area contributed by atoms with Crippen molar-refractivity contribution in [2.24, 2.45) is 12.1 Å². The van der Waals surface area contributed by atoms with Gasteiger partial charge in [-0.1, -0.05) is 30.3 Å². The Morgan fingerprint density at radius 3 is 2.52 bits per heavy atom. The zero-order chi connectivity index (χ0) is 19.3. The number of aromatic nitrogens is 4. The van der Waals surface area contributed by atoms with Crippen LogP contribution in [0.5, 0.6) is 0 Å². The second-order valence-electron chi connectivity index (χ2n) is 6.81. The molecule has 1 aliphatic rings. The average molecular weight is 366 g/mol. The van der Waals surface area contributed by atoms with E-state index in [1.54, 1.807) is 12.1 Å². The maximum Gasteiger partial charge on any atom is 0.332 e. The van der Waals surface area contributed by atoms with E-state index in [-0.39, 0.29) is 23.8 Å². The number of rotatable bonds is 3. The molecule has 27 heavy (non-hydrogen) atoms. The summed E-state index contributed by atoms with van der Waals surface area (Å²) < 4.78 is 4.61. The molecule has 0 spiro atoms. The SMILES string of the molecule is CCN1N=C(C)[C@H](C)n2c1nc1c2c(=O)n(Cc2ccccc2)c(=O)n1C. The Bertz CT molecular complexity index is 1170. The molecular weight excluding hydrogens is 344 g/mol. The second kappa shape index (κ2) is 6.22. The molecule has 0 saturated carbocycles. The van der Waals surface area contributed by atoms with Crippen molar-refractivity contribution in [3.63, 3.8) is 0 Å². The number of anilines is 1. The molecule has 2 aromatic heterocycles. The van der Waals surface area contributed by atoms with E-state index in [1.165, 1.54) is 9.13 Å². The van der Waals surface area contributed by atoms with E-state index >= 15 is 0 Å². The van der Waals surface area contributed by atoms with Crippen LogP contribution in [0.3, 0.4) is 0 Å². The van der Waals surface area contributed by atoms with Gasteiger partial charge >= 0.3 is 5.69 Å². The van der Waals surface area contributed by atoms with Gasteiger partial charge in [-0.05, 0) is 26.3 Å². The maximum absolute atomic E-state index is 13.3. The fourth-order valence-electron chi connectivity index (χ4n) is 3.50. The van der Waals surface area contributed by atoms with E-state index in [1.807, 2.05) is 55.7 Å². The minimum absolute atomic E-state index is 0.108. The van der Waals surface area contributed by atoms with Gasteiger partial charge < -0.3 is 0 Å². The number of hydrazone groups is 1. The molecule has 0 amide bonds. The molecule has 4 rings (SSSR count). The summed E-state index contributed by atoms with van der Waals surface area (Å²) in [6, 6.07) is 9.39. The molecular formula is C19H22N6O2. The number of aryl methyl sites for hydroxylation is 1. The molecule has 0 N–H and O–H groups in total. The molecule has 1 aliphatic heterocycles. The predicted molar refractivity (Wildman–Crippen MR) is 106 cm³/mol. The molecule has 0 radical (unpaired) electrons. The Kier molecular flexibility index (Phi) is 3.98. The molecule has 140 valence electrons. The highest BCUT2D eigenvalue weighted by atomic mass is 16.2. The van der Waals surface area contributed by atoms with Gasteiger partial charge in [-0.25, -0.2) is 9.80 Å². The van der Waals surface area contributed by atoms with Gasteiger partial charge in [-0.2, -0.15) is 10.1 Å². The van der Waals surface area contributed by atoms with Crippen molar-refractivity contribution in [1.29, 1.82) is 0 Å². The monoisotopic (exact) mass is 366 g/mol. The van der Waals surface area contributed by atoms with E-state index in [0.29, 0.717) is 23.7 Å². The summed E-state index contributed by atoms with van der Waals surface area (Å²) in [7, 11) is 1.65. The Hall–Kier alpha value is -3.16. The van der Waals surface area contributed by atoms with Crippen LogP contribution in [0.15, 0.2) is 45.0 Å². The predicted octanol–water partition coefficient (Wildman–Crippen LogP) is 1.72. The Morgan fingerprint density at radius 2 is 1.85 bits per heavy atom. The third kappa shape index (κ3) is 2.51. The van der Waals surface area contributed by atoms with E-state index in [9.17, 15) is 9.59 Å². The van der Waals surface area contributed by atoms with Crippen molar-refractivity contribution in [3.05, 3.63) is 56.7 Å². The summed E-state index contributed by atoms with van der Waals surface area (Å²) in [4.78, 5) is 30.8. The van der Waals surface area contributed by atoms with Crippen LogP contribution in [0.25, 0.3) is 11.2 Å². The zero-order valence-corrected chi connectivity index (χ0v) is 15.9. The Morgan fingerprint density at radius 1 is 1.15 bits per heavy atom. The van der Waals surface area contributed by atoms with Crippen LogP contribution in [0.4, 0.5) is 5.95 Å². The van der Waals surface area contributed by atoms with Gasteiger partial charge in [0.2, 0.25) is 5.95 Å². The summed E-state index contributed by atoms with van der Waals surface area (Å²) in [5.74, 6) is 0.593. The third-order valence-corrected chi connectivity index (χ3v) is 5.14. The van der Waals surface area contributed by atoms with Crippen LogP contribution in [0.2, 0.25) is 0 Å². The Labute approximate surface area is 156 Å². The summed E-state index contributed by atoms with van der Waals surface area (Å²) in [6.07, 6.45) is 0. The molecule has 0 saturated heterocycles. The summed E-state index contributed by atoms with van der Waals surface area (Å²) in [5, 5.41) is 6.33. The van der Waals surface area contributed by atoms with Gasteiger partial charge in [0.1, 0.15) is 0 Å². The van der Waals surface area contributed by atoms with Crippen molar-refractivity contribution < 1.29 is 0 Å². The molecule has 8 heteroatoms. The smallest absolute Gasteiger partial charge is 0.294 e. The molecule has 0 fully saturated rings. The lowest BCUT2D eigenvalue weighted by atomic mass is 10.2. The van der Waals surface area contributed by atoms with Crippen LogP contribution < -0.4 is 16.3 Å². The van der Waals surface area contributed by atoms with E-state index in [2.05, 4.69) is 10.1 Å². The first-order chi connectivity index (χ1) is 12.9. The molecule has 0 unspecified atom stereocenters. The molecule has 3 heterocycles. The van der Waals surface area contributed by atoms with Crippen LogP contribution >= 0.6 is 0 Å². The first kappa shape index (κ1) is 17.3. The number of hydrogen-bond donors (Lipinski definition) is 0. The van der Waals surface area contributed by atoms with Crippen molar-refractivity contribution in [2.45, 2.75) is 33.4 Å². The second-order valence-corrected chi connectivity index (χ2v) is 6.81. The number of imidazole rings is 1. The fourth-order valence-corrected chi connectivity index (χ4v) is 3.50. The normalized spacial score (nSPS) is 16.5. The van der Waals surface area contributed by atoms with Gasteiger partial charge in [0.15, 0.2) is 11.2 Å². The van der Waals surface area contributed by atoms with Crippen molar-refractivity contribution in [3.8, 4) is 0 Å². The van der Waals surface area contributed by atoms with Crippen molar-refractivity contribution in [2.75, 3.05) is 11.6 Å². The van der Waals surface area contributed by atoms with Gasteiger partial charge in [0, 0.05) is 13.6 Å². The highest BCUT2D eigenvalue weighted by Gasteiger charge is 2.29. The quantitative estimate of drug-likeness (QED) is 0.707. The topological polar surface area (TPSA) is 77.4 Å². The fraction of sp³-hybridized carbons (Fsp3) is 0.368. The number of fused-ring (bicyclic) bond motifs is 3. The number of hydrogen-bond acceptors (Lipinski definition) is 5. The first-order valence-corrected chi connectivity index (χ1v) is 9.02. The summed E-state index contributed by atoms with van der Waals surface area (Å²) in [6.45, 7) is 6.75. The highest BCUT2D eigenvalue weighted by molar-refractivity contribution is 5.90. The van der Waals surface area contributed by atoms with E-state index in [0.717, 1.165) is 11.3 Å². The summed E-state index contributed by atoms with van der Waals surface area (Å²) in [5.41, 5.74) is 1.91. The maximum atomic E-state index is 13.3. The van der Waals surface area contributed by atoms with Crippen LogP contribution in [0.1, 0.15) is 32.4 Å². The van der Waals surface area contributed by atoms with Gasteiger partial charge in [0.05, 0.1) is 18.3 Å². The molecule has 3 aromatic rings. The third-order valence-electron chi connectivity index (χ3n) is 5.14. The average Bonchev–Trinajstić information content (AvgIpc) is 3.08. The lowest BCUT2D eigenvalue weighted by Crippen LogP contribution is -2.40. The molecule has 1 atom stereocenters. The zero-order valence-electron chi connectivity index (χ0n) is 15.9. The lowest BCUT2D eigenvalue weighted by Gasteiger charge is -2.28. The van der Waals surface area contributed by atoms with Gasteiger partial charge in [0.25, 0.3) is 5.56 Å². The minimum atomic E-state index is -0.375. The molecule has 8 nitrogen and oxygen atoms in total. The van der Waals surface area contributed by atoms with E-state index in [4.69, 9.17) is 0 Å². The lowest BCUT2D eigenvalue weighted by molar-refractivity contribution is 0.631. The van der Waals surface area contributed by atoms with E-state index < -0.39 is 0 Å². The summed E-state index contributed by atoms with van der Waals surface area (Å²) >= 11 is 0.